The SMILES string of the molecule is CCCc1c(CN)nnn1CC(O)C1CC1. The van der Waals surface area contributed by atoms with E-state index in [1.54, 1.807) is 0 Å². The maximum absolute atomic E-state index is 9.90. The van der Waals surface area contributed by atoms with Gasteiger partial charge in [-0.2, -0.15) is 0 Å². The summed E-state index contributed by atoms with van der Waals surface area (Å²) in [5, 5.41) is 18.0. The Labute approximate surface area is 95.6 Å². The lowest BCUT2D eigenvalue weighted by Crippen LogP contribution is -2.21. The normalized spacial score (nSPS) is 17.7. The van der Waals surface area contributed by atoms with Crippen molar-refractivity contribution in [2.45, 2.75) is 51.8 Å². The van der Waals surface area contributed by atoms with Gasteiger partial charge in [0.2, 0.25) is 0 Å². The quantitative estimate of drug-likeness (QED) is 0.736. The molecule has 1 aromatic rings. The Kier molecular flexibility index (Phi) is 3.56. The van der Waals surface area contributed by atoms with Gasteiger partial charge in [-0.25, -0.2) is 4.68 Å². The Morgan fingerprint density at radius 3 is 2.88 bits per heavy atom. The molecule has 1 aliphatic carbocycles. The maximum atomic E-state index is 9.90. The molecule has 2 rings (SSSR count). The summed E-state index contributed by atoms with van der Waals surface area (Å²) in [7, 11) is 0. The van der Waals surface area contributed by atoms with Gasteiger partial charge >= 0.3 is 0 Å². The van der Waals surface area contributed by atoms with E-state index in [1.807, 2.05) is 4.68 Å². The van der Waals surface area contributed by atoms with E-state index in [9.17, 15) is 5.11 Å². The highest BCUT2D eigenvalue weighted by atomic mass is 16.3. The van der Waals surface area contributed by atoms with Gasteiger partial charge in [-0.05, 0) is 25.2 Å². The van der Waals surface area contributed by atoms with E-state index in [0.717, 1.165) is 37.1 Å². The number of hydrogen-bond donors (Lipinski definition) is 2. The lowest BCUT2D eigenvalue weighted by Gasteiger charge is -2.11. The van der Waals surface area contributed by atoms with Crippen LogP contribution in [-0.2, 0) is 19.5 Å². The van der Waals surface area contributed by atoms with Crippen molar-refractivity contribution in [2.75, 3.05) is 0 Å². The number of nitrogens with two attached hydrogens (primary N) is 1. The fourth-order valence-corrected chi connectivity index (χ4v) is 1.99. The van der Waals surface area contributed by atoms with E-state index in [2.05, 4.69) is 17.2 Å². The first kappa shape index (κ1) is 11.5. The molecule has 5 heteroatoms. The average Bonchev–Trinajstić information content (AvgIpc) is 3.05. The molecule has 1 saturated carbocycles. The molecule has 0 bridgehead atoms. The van der Waals surface area contributed by atoms with E-state index in [-0.39, 0.29) is 6.10 Å². The summed E-state index contributed by atoms with van der Waals surface area (Å²) in [6.45, 7) is 3.11. The van der Waals surface area contributed by atoms with Crippen LogP contribution in [0.5, 0.6) is 0 Å². The topological polar surface area (TPSA) is 77.0 Å². The molecular formula is C11H20N4O. The second-order valence-corrected chi connectivity index (χ2v) is 4.52. The summed E-state index contributed by atoms with van der Waals surface area (Å²) in [6, 6.07) is 0. The number of aliphatic hydroxyl groups excluding tert-OH is 1. The molecule has 16 heavy (non-hydrogen) atoms. The number of nitrogens with zero attached hydrogens (tertiary/aromatic N) is 3. The number of hydrogen-bond acceptors (Lipinski definition) is 4. The fraction of sp³-hybridized carbons (Fsp3) is 0.818. The number of rotatable bonds is 6. The standard InChI is InChI=1S/C11H20N4O/c1-2-3-10-9(6-12)13-14-15(10)7-11(16)8-4-5-8/h8,11,16H,2-7,12H2,1H3. The van der Waals surface area contributed by atoms with E-state index in [0.29, 0.717) is 19.0 Å². The van der Waals surface area contributed by atoms with Gasteiger partial charge in [0.05, 0.1) is 24.0 Å². The Morgan fingerprint density at radius 2 is 2.31 bits per heavy atom. The third-order valence-electron chi connectivity index (χ3n) is 3.12. The smallest absolute Gasteiger partial charge is 0.0994 e. The molecular weight excluding hydrogens is 204 g/mol. The molecule has 0 amide bonds. The highest BCUT2D eigenvalue weighted by molar-refractivity contribution is 5.10. The van der Waals surface area contributed by atoms with Crippen LogP contribution in [0.15, 0.2) is 0 Å². The van der Waals surface area contributed by atoms with Gasteiger partial charge in [0, 0.05) is 6.54 Å². The second-order valence-electron chi connectivity index (χ2n) is 4.52. The summed E-state index contributed by atoms with van der Waals surface area (Å²) in [6.07, 6.45) is 3.98. The van der Waals surface area contributed by atoms with Crippen molar-refractivity contribution in [2.24, 2.45) is 11.7 Å². The third-order valence-corrected chi connectivity index (χ3v) is 3.12. The zero-order valence-electron chi connectivity index (χ0n) is 9.76. The number of aliphatic hydroxyl groups is 1. The van der Waals surface area contributed by atoms with Gasteiger partial charge in [0.25, 0.3) is 0 Å². The molecule has 0 aromatic carbocycles. The van der Waals surface area contributed by atoms with Crippen LogP contribution in [0.4, 0.5) is 0 Å². The molecule has 0 saturated heterocycles. The van der Waals surface area contributed by atoms with Crippen LogP contribution in [0.25, 0.3) is 0 Å². The average molecular weight is 224 g/mol. The van der Waals surface area contributed by atoms with Crippen molar-refractivity contribution in [3.63, 3.8) is 0 Å². The number of aromatic nitrogens is 3. The van der Waals surface area contributed by atoms with Crippen LogP contribution in [0.1, 0.15) is 37.6 Å². The van der Waals surface area contributed by atoms with E-state index >= 15 is 0 Å². The van der Waals surface area contributed by atoms with Crippen molar-refractivity contribution in [1.82, 2.24) is 15.0 Å². The Bertz CT molecular complexity index is 346. The summed E-state index contributed by atoms with van der Waals surface area (Å²) in [4.78, 5) is 0. The van der Waals surface area contributed by atoms with Crippen LogP contribution < -0.4 is 5.73 Å². The zero-order chi connectivity index (χ0) is 11.5. The predicted octanol–water partition coefficient (Wildman–Crippen LogP) is 0.460. The van der Waals surface area contributed by atoms with E-state index in [1.165, 1.54) is 0 Å². The van der Waals surface area contributed by atoms with Gasteiger partial charge < -0.3 is 10.8 Å². The van der Waals surface area contributed by atoms with Gasteiger partial charge in [-0.15, -0.1) is 5.10 Å². The Hall–Kier alpha value is -0.940. The molecule has 1 aromatic heterocycles. The largest absolute Gasteiger partial charge is 0.391 e. The van der Waals surface area contributed by atoms with Crippen LogP contribution in [0, 0.1) is 5.92 Å². The van der Waals surface area contributed by atoms with E-state index < -0.39 is 0 Å². The molecule has 5 nitrogen and oxygen atoms in total. The first-order chi connectivity index (χ1) is 7.76. The summed E-state index contributed by atoms with van der Waals surface area (Å²) < 4.78 is 1.83. The van der Waals surface area contributed by atoms with Crippen molar-refractivity contribution in [3.8, 4) is 0 Å². The fourth-order valence-electron chi connectivity index (χ4n) is 1.99. The van der Waals surface area contributed by atoms with Gasteiger partial charge in [-0.3, -0.25) is 0 Å². The minimum absolute atomic E-state index is 0.275. The molecule has 0 radical (unpaired) electrons. The Balaban J connectivity index is 2.08. The van der Waals surface area contributed by atoms with Crippen molar-refractivity contribution in [3.05, 3.63) is 11.4 Å². The molecule has 0 spiro atoms. The Morgan fingerprint density at radius 1 is 1.56 bits per heavy atom. The van der Waals surface area contributed by atoms with Crippen molar-refractivity contribution in [1.29, 1.82) is 0 Å². The minimum atomic E-state index is -0.275. The van der Waals surface area contributed by atoms with Crippen LogP contribution in [0.2, 0.25) is 0 Å². The molecule has 1 aliphatic rings. The summed E-state index contributed by atoms with van der Waals surface area (Å²) >= 11 is 0. The van der Waals surface area contributed by atoms with Crippen LogP contribution >= 0.6 is 0 Å². The highest BCUT2D eigenvalue weighted by Crippen LogP contribution is 2.33. The molecule has 1 unspecified atom stereocenters. The van der Waals surface area contributed by atoms with E-state index in [4.69, 9.17) is 5.73 Å². The molecule has 1 atom stereocenters. The van der Waals surface area contributed by atoms with Gasteiger partial charge in [-0.1, -0.05) is 18.6 Å². The molecule has 1 fully saturated rings. The van der Waals surface area contributed by atoms with Crippen molar-refractivity contribution >= 4 is 0 Å². The molecule has 0 aliphatic heterocycles. The minimum Gasteiger partial charge on any atom is -0.391 e. The molecule has 3 N–H and O–H groups in total. The third kappa shape index (κ3) is 2.41. The zero-order valence-corrected chi connectivity index (χ0v) is 9.76. The first-order valence-corrected chi connectivity index (χ1v) is 6.05. The van der Waals surface area contributed by atoms with Crippen LogP contribution in [-0.4, -0.2) is 26.2 Å². The lowest BCUT2D eigenvalue weighted by atomic mass is 10.2. The predicted molar refractivity (Wildman–Crippen MR) is 60.6 cm³/mol. The first-order valence-electron chi connectivity index (χ1n) is 6.05. The molecule has 1 heterocycles. The van der Waals surface area contributed by atoms with Gasteiger partial charge in [0.1, 0.15) is 0 Å². The molecule has 90 valence electrons. The lowest BCUT2D eigenvalue weighted by molar-refractivity contribution is 0.125. The van der Waals surface area contributed by atoms with Gasteiger partial charge in [0.15, 0.2) is 0 Å². The highest BCUT2D eigenvalue weighted by Gasteiger charge is 2.30. The van der Waals surface area contributed by atoms with Crippen molar-refractivity contribution < 1.29 is 5.11 Å². The second kappa shape index (κ2) is 4.93. The summed E-state index contributed by atoms with van der Waals surface area (Å²) in [5.74, 6) is 0.472. The maximum Gasteiger partial charge on any atom is 0.0994 e. The van der Waals surface area contributed by atoms with Crippen LogP contribution in [0.3, 0.4) is 0 Å². The monoisotopic (exact) mass is 224 g/mol. The summed E-state index contributed by atoms with van der Waals surface area (Å²) in [5.41, 5.74) is 7.57.